The van der Waals surface area contributed by atoms with E-state index in [4.69, 9.17) is 0 Å². The summed E-state index contributed by atoms with van der Waals surface area (Å²) in [6.07, 6.45) is 14.0. The van der Waals surface area contributed by atoms with Crippen LogP contribution >= 0.6 is 0 Å². The molecule has 166 valence electrons. The minimum atomic E-state index is -0.394. The summed E-state index contributed by atoms with van der Waals surface area (Å²) in [6.45, 7) is 4.90. The van der Waals surface area contributed by atoms with Gasteiger partial charge in [0.1, 0.15) is 6.54 Å². The summed E-state index contributed by atoms with van der Waals surface area (Å²) in [5, 5.41) is 22.4. The molecule has 4 saturated carbocycles. The lowest BCUT2D eigenvalue weighted by Crippen LogP contribution is -2.51. The third-order valence-electron chi connectivity index (χ3n) is 10.1. The zero-order valence-electron chi connectivity index (χ0n) is 18.7. The number of aromatic nitrogens is 4. The molecule has 30 heavy (non-hydrogen) atoms. The van der Waals surface area contributed by atoms with Gasteiger partial charge in [-0.1, -0.05) is 13.8 Å². The molecule has 0 radical (unpaired) electrons. The second kappa shape index (κ2) is 7.68. The van der Waals surface area contributed by atoms with Crippen molar-refractivity contribution in [1.29, 1.82) is 0 Å². The van der Waals surface area contributed by atoms with E-state index in [0.29, 0.717) is 17.8 Å². The van der Waals surface area contributed by atoms with E-state index in [1.54, 1.807) is 0 Å². The van der Waals surface area contributed by atoms with Crippen molar-refractivity contribution in [2.75, 3.05) is 0 Å². The average molecular weight is 415 g/mol. The van der Waals surface area contributed by atoms with Gasteiger partial charge in [-0.15, -0.1) is 10.2 Å². The van der Waals surface area contributed by atoms with Crippen molar-refractivity contribution in [3.63, 3.8) is 0 Å². The molecule has 0 saturated heterocycles. The predicted octanol–water partition coefficient (Wildman–Crippen LogP) is 4.04. The lowest BCUT2D eigenvalue weighted by Gasteiger charge is -2.57. The van der Waals surface area contributed by atoms with Crippen LogP contribution in [0.3, 0.4) is 0 Å². The van der Waals surface area contributed by atoms with Gasteiger partial charge < -0.3 is 5.11 Å². The molecule has 1 aromatic heterocycles. The molecule has 6 heteroatoms. The van der Waals surface area contributed by atoms with Crippen molar-refractivity contribution in [1.82, 2.24) is 20.2 Å². The van der Waals surface area contributed by atoms with Crippen LogP contribution in [0.15, 0.2) is 6.33 Å². The fourth-order valence-electron chi connectivity index (χ4n) is 8.49. The Morgan fingerprint density at radius 1 is 1.10 bits per heavy atom. The van der Waals surface area contributed by atoms with Crippen LogP contribution in [-0.2, 0) is 11.3 Å². The monoisotopic (exact) mass is 414 g/mol. The fraction of sp³-hybridized carbons (Fsp3) is 0.917. The van der Waals surface area contributed by atoms with Crippen LogP contribution in [0.2, 0.25) is 0 Å². The first-order chi connectivity index (χ1) is 14.4. The first-order valence-electron chi connectivity index (χ1n) is 12.4. The summed E-state index contributed by atoms with van der Waals surface area (Å²) in [5.41, 5.74) is -0.0762. The first-order valence-corrected chi connectivity index (χ1v) is 12.4. The van der Waals surface area contributed by atoms with Crippen molar-refractivity contribution >= 4 is 5.78 Å². The van der Waals surface area contributed by atoms with Crippen LogP contribution in [-0.4, -0.2) is 36.7 Å². The molecule has 1 aromatic rings. The number of nitrogens with zero attached hydrogens (tertiary/aromatic N) is 4. The Labute approximate surface area is 180 Å². The first kappa shape index (κ1) is 20.6. The molecule has 1 heterocycles. The molecule has 1 N–H and O–H groups in total. The van der Waals surface area contributed by atoms with Crippen LogP contribution in [0.25, 0.3) is 0 Å². The van der Waals surface area contributed by atoms with Gasteiger partial charge in [-0.25, -0.2) is 0 Å². The Morgan fingerprint density at radius 3 is 2.70 bits per heavy atom. The second-order valence-electron chi connectivity index (χ2n) is 11.3. The zero-order chi connectivity index (χ0) is 20.9. The van der Waals surface area contributed by atoms with E-state index in [1.807, 2.05) is 0 Å². The predicted molar refractivity (Wildman–Crippen MR) is 113 cm³/mol. The number of tetrazole rings is 1. The zero-order valence-corrected chi connectivity index (χ0v) is 18.7. The number of hydrogen-bond acceptors (Lipinski definition) is 5. The van der Waals surface area contributed by atoms with Crippen molar-refractivity contribution < 1.29 is 9.90 Å². The van der Waals surface area contributed by atoms with Gasteiger partial charge in [-0.2, -0.15) is 4.80 Å². The van der Waals surface area contributed by atoms with Crippen LogP contribution in [0.5, 0.6) is 0 Å². The summed E-state index contributed by atoms with van der Waals surface area (Å²) >= 11 is 0. The third-order valence-corrected chi connectivity index (χ3v) is 10.1. The fourth-order valence-corrected chi connectivity index (χ4v) is 8.49. The standard InChI is InChI=1S/C24H38N4O2/c1-3-24(30)11-9-19-16(13-24)4-6-21-20(19)8-10-23(2)17(5-7-22(21)23)12-18(29)14-28-26-15-25-27-28/h15-17,19-22,30H,3-14H2,1-2H3/t16-,17-,19+,20-,21-,22+,23-,24-/m1/s1. The molecule has 4 aliphatic rings. The van der Waals surface area contributed by atoms with Gasteiger partial charge >= 0.3 is 0 Å². The maximum atomic E-state index is 12.7. The Bertz CT molecular complexity index is 767. The molecule has 5 rings (SSSR count). The number of Topliss-reactive ketones (excluding diaryl/α,β-unsaturated/α-hetero) is 1. The molecule has 0 aliphatic heterocycles. The van der Waals surface area contributed by atoms with Gasteiger partial charge in [-0.05, 0) is 110 Å². The minimum absolute atomic E-state index is 0.247. The lowest BCUT2D eigenvalue weighted by molar-refractivity contribution is -0.124. The van der Waals surface area contributed by atoms with Crippen molar-refractivity contribution in [2.24, 2.45) is 40.9 Å². The van der Waals surface area contributed by atoms with Gasteiger partial charge in [0.15, 0.2) is 12.1 Å². The topological polar surface area (TPSA) is 80.9 Å². The van der Waals surface area contributed by atoms with Crippen LogP contribution in [0, 0.1) is 40.9 Å². The molecule has 0 bridgehead atoms. The van der Waals surface area contributed by atoms with Gasteiger partial charge in [0.2, 0.25) is 0 Å². The SMILES string of the molecule is CC[C@@]1(O)CC[C@H]2[C@H](CC[C@@H]3[C@@H]2CC[C@]2(C)[C@@H](CC(=O)Cn4ncnn4)CC[C@@H]32)C1. The summed E-state index contributed by atoms with van der Waals surface area (Å²) in [6, 6.07) is 0. The van der Waals surface area contributed by atoms with E-state index < -0.39 is 5.60 Å². The van der Waals surface area contributed by atoms with Crippen molar-refractivity contribution in [3.05, 3.63) is 6.33 Å². The van der Waals surface area contributed by atoms with E-state index in [-0.39, 0.29) is 12.3 Å². The van der Waals surface area contributed by atoms with Crippen LogP contribution in [0.4, 0.5) is 0 Å². The van der Waals surface area contributed by atoms with E-state index in [0.717, 1.165) is 48.9 Å². The molecule has 0 aromatic carbocycles. The number of ketones is 1. The molecule has 8 atom stereocenters. The number of carbonyl (C=O) groups excluding carboxylic acids is 1. The largest absolute Gasteiger partial charge is 0.390 e. The minimum Gasteiger partial charge on any atom is -0.390 e. The summed E-state index contributed by atoms with van der Waals surface area (Å²) in [4.78, 5) is 14.1. The summed E-state index contributed by atoms with van der Waals surface area (Å²) < 4.78 is 0. The van der Waals surface area contributed by atoms with E-state index in [2.05, 4.69) is 29.3 Å². The van der Waals surface area contributed by atoms with Gasteiger partial charge in [0.25, 0.3) is 0 Å². The molecular weight excluding hydrogens is 376 g/mol. The van der Waals surface area contributed by atoms with E-state index >= 15 is 0 Å². The number of hydrogen-bond donors (Lipinski definition) is 1. The van der Waals surface area contributed by atoms with Gasteiger partial charge in [-0.3, -0.25) is 4.79 Å². The van der Waals surface area contributed by atoms with Crippen molar-refractivity contribution in [2.45, 2.75) is 96.6 Å². The molecular formula is C24H38N4O2. The van der Waals surface area contributed by atoms with Crippen LogP contribution in [0.1, 0.15) is 84.5 Å². The smallest absolute Gasteiger partial charge is 0.162 e. The molecule has 6 nitrogen and oxygen atoms in total. The van der Waals surface area contributed by atoms with E-state index in [9.17, 15) is 9.90 Å². The Balaban J connectivity index is 1.26. The third kappa shape index (κ3) is 3.43. The lowest BCUT2D eigenvalue weighted by atomic mass is 9.48. The van der Waals surface area contributed by atoms with Crippen LogP contribution < -0.4 is 0 Å². The number of fused-ring (bicyclic) bond motifs is 5. The summed E-state index contributed by atoms with van der Waals surface area (Å²) in [7, 11) is 0. The quantitative estimate of drug-likeness (QED) is 0.786. The maximum Gasteiger partial charge on any atom is 0.162 e. The highest BCUT2D eigenvalue weighted by molar-refractivity contribution is 5.78. The molecule has 0 amide bonds. The summed E-state index contributed by atoms with van der Waals surface area (Å²) in [5.74, 6) is 4.81. The molecule has 0 unspecified atom stereocenters. The van der Waals surface area contributed by atoms with Gasteiger partial charge in [0, 0.05) is 6.42 Å². The van der Waals surface area contributed by atoms with Gasteiger partial charge in [0.05, 0.1) is 5.60 Å². The highest BCUT2D eigenvalue weighted by Gasteiger charge is 2.57. The number of aliphatic hydroxyl groups is 1. The number of carbonyl (C=O) groups is 1. The normalized spacial score (nSPS) is 45.4. The molecule has 4 aliphatic carbocycles. The maximum absolute atomic E-state index is 12.7. The second-order valence-corrected chi connectivity index (χ2v) is 11.3. The van der Waals surface area contributed by atoms with E-state index in [1.165, 1.54) is 56.1 Å². The highest BCUT2D eigenvalue weighted by atomic mass is 16.3. The number of rotatable bonds is 5. The Morgan fingerprint density at radius 2 is 1.93 bits per heavy atom. The average Bonchev–Trinajstić information content (AvgIpc) is 3.35. The highest BCUT2D eigenvalue weighted by Crippen LogP contribution is 2.65. The molecule has 4 fully saturated rings. The Kier molecular flexibility index (Phi) is 5.27. The Hall–Kier alpha value is -1.30. The molecule has 0 spiro atoms. The van der Waals surface area contributed by atoms with Crippen molar-refractivity contribution in [3.8, 4) is 0 Å².